The summed E-state index contributed by atoms with van der Waals surface area (Å²) in [4.78, 5) is 22.4. The van der Waals surface area contributed by atoms with Crippen LogP contribution < -0.4 is 14.9 Å². The van der Waals surface area contributed by atoms with E-state index in [1.807, 2.05) is 42.6 Å². The Morgan fingerprint density at radius 1 is 1.04 bits per heavy atom. The van der Waals surface area contributed by atoms with Gasteiger partial charge < -0.3 is 10.1 Å². The minimum absolute atomic E-state index is 0.0673. The van der Waals surface area contributed by atoms with Crippen molar-refractivity contribution in [1.29, 1.82) is 0 Å². The van der Waals surface area contributed by atoms with Crippen molar-refractivity contribution >= 4 is 17.4 Å². The van der Waals surface area contributed by atoms with Gasteiger partial charge in [-0.1, -0.05) is 57.2 Å². The molecule has 0 aliphatic rings. The number of amides is 2. The summed E-state index contributed by atoms with van der Waals surface area (Å²) in [6.45, 7) is 10.9. The number of alkyl halides is 3. The van der Waals surface area contributed by atoms with Crippen LogP contribution in [-0.2, 0) is 0 Å². The standard InChI is InChI=1S/C34H35F3N6O2S/c1-6-24(18-38-32(44)40-33-43(23(5)19-46-33)29-9-7-8-22(4)30(29)21(2)3)25-10-12-26(13-11-25)31-39-20-42(41-31)27-14-16-28(17-15-27)45-34(35,36)37/h7-17,19-21,24H,6,18H2,1-5H3,(H,38,44). The van der Waals surface area contributed by atoms with E-state index in [0.29, 0.717) is 28.8 Å². The van der Waals surface area contributed by atoms with Crippen LogP contribution in [0.5, 0.6) is 5.75 Å². The number of carbonyl (C=O) groups is 1. The van der Waals surface area contributed by atoms with Crippen molar-refractivity contribution in [2.45, 2.75) is 59.2 Å². The Kier molecular flexibility index (Phi) is 9.76. The van der Waals surface area contributed by atoms with Gasteiger partial charge in [-0.15, -0.1) is 29.6 Å². The zero-order valence-corrected chi connectivity index (χ0v) is 27.0. The summed E-state index contributed by atoms with van der Waals surface area (Å²) in [5.74, 6) is 0.541. The molecule has 0 saturated heterocycles. The van der Waals surface area contributed by atoms with Gasteiger partial charge in [0.1, 0.15) is 12.1 Å². The number of aryl methyl sites for hydroxylation is 2. The molecule has 46 heavy (non-hydrogen) atoms. The van der Waals surface area contributed by atoms with E-state index in [1.165, 1.54) is 57.7 Å². The molecule has 240 valence electrons. The molecule has 1 unspecified atom stereocenters. The monoisotopic (exact) mass is 648 g/mol. The van der Waals surface area contributed by atoms with Crippen molar-refractivity contribution in [2.24, 2.45) is 4.99 Å². The third kappa shape index (κ3) is 7.56. The van der Waals surface area contributed by atoms with Crippen molar-refractivity contribution in [1.82, 2.24) is 24.6 Å². The number of benzene rings is 3. The topological polar surface area (TPSA) is 86.3 Å². The van der Waals surface area contributed by atoms with Crippen molar-refractivity contribution in [3.8, 4) is 28.5 Å². The van der Waals surface area contributed by atoms with E-state index in [9.17, 15) is 18.0 Å². The smallest absolute Gasteiger partial charge is 0.406 e. The van der Waals surface area contributed by atoms with Crippen LogP contribution in [0, 0.1) is 13.8 Å². The molecule has 2 amide bonds. The van der Waals surface area contributed by atoms with Gasteiger partial charge in [-0.2, -0.15) is 4.99 Å². The third-order valence-electron chi connectivity index (χ3n) is 7.65. The van der Waals surface area contributed by atoms with Crippen LogP contribution in [0.1, 0.15) is 61.4 Å². The lowest BCUT2D eigenvalue weighted by Gasteiger charge is -2.18. The number of aromatic nitrogens is 4. The van der Waals surface area contributed by atoms with Gasteiger partial charge in [-0.3, -0.25) is 4.57 Å². The van der Waals surface area contributed by atoms with E-state index in [1.54, 1.807) is 0 Å². The zero-order chi connectivity index (χ0) is 33.0. The summed E-state index contributed by atoms with van der Waals surface area (Å²) in [5.41, 5.74) is 6.87. The molecular weight excluding hydrogens is 613 g/mol. The third-order valence-corrected chi connectivity index (χ3v) is 8.60. The first-order chi connectivity index (χ1) is 21.9. The van der Waals surface area contributed by atoms with Crippen LogP contribution in [0.15, 0.2) is 83.4 Å². The number of nitrogens with zero attached hydrogens (tertiary/aromatic N) is 5. The average Bonchev–Trinajstić information content (AvgIpc) is 3.64. The molecule has 0 saturated carbocycles. The normalized spacial score (nSPS) is 12.8. The Hall–Kier alpha value is -4.71. The van der Waals surface area contributed by atoms with E-state index < -0.39 is 12.4 Å². The Labute approximate surface area is 269 Å². The van der Waals surface area contributed by atoms with Gasteiger partial charge in [0.15, 0.2) is 10.6 Å². The highest BCUT2D eigenvalue weighted by atomic mass is 32.1. The highest BCUT2D eigenvalue weighted by Gasteiger charge is 2.31. The number of thiazole rings is 1. The van der Waals surface area contributed by atoms with Crippen LogP contribution in [0.3, 0.4) is 0 Å². The van der Waals surface area contributed by atoms with Crippen LogP contribution in [0.4, 0.5) is 18.0 Å². The van der Waals surface area contributed by atoms with Gasteiger partial charge in [0.25, 0.3) is 0 Å². The van der Waals surface area contributed by atoms with Crippen LogP contribution >= 0.6 is 11.3 Å². The minimum Gasteiger partial charge on any atom is -0.406 e. The lowest BCUT2D eigenvalue weighted by atomic mass is 9.95. The molecule has 12 heteroatoms. The first-order valence-electron chi connectivity index (χ1n) is 14.9. The first-order valence-corrected chi connectivity index (χ1v) is 15.8. The fourth-order valence-corrected chi connectivity index (χ4v) is 6.30. The molecule has 0 bridgehead atoms. The van der Waals surface area contributed by atoms with E-state index in [2.05, 4.69) is 69.5 Å². The number of nitrogens with one attached hydrogen (secondary N) is 1. The highest BCUT2D eigenvalue weighted by Crippen LogP contribution is 2.28. The fraction of sp³-hybridized carbons (Fsp3) is 0.294. The maximum atomic E-state index is 13.0. The Morgan fingerprint density at radius 2 is 1.76 bits per heavy atom. The molecule has 8 nitrogen and oxygen atoms in total. The predicted octanol–water partition coefficient (Wildman–Crippen LogP) is 8.23. The lowest BCUT2D eigenvalue weighted by molar-refractivity contribution is -0.274. The van der Waals surface area contributed by atoms with Gasteiger partial charge >= 0.3 is 12.4 Å². The van der Waals surface area contributed by atoms with Gasteiger partial charge in [0.2, 0.25) is 0 Å². The molecule has 0 aliphatic heterocycles. The molecule has 2 aromatic heterocycles. The molecule has 5 aromatic rings. The molecule has 1 atom stereocenters. The van der Waals surface area contributed by atoms with E-state index in [0.717, 1.165) is 28.9 Å². The molecule has 2 heterocycles. The molecule has 5 rings (SSSR count). The number of ether oxygens (including phenoxy) is 1. The van der Waals surface area contributed by atoms with Gasteiger partial charge in [0.05, 0.1) is 11.4 Å². The Morgan fingerprint density at radius 3 is 2.41 bits per heavy atom. The second-order valence-electron chi connectivity index (χ2n) is 11.2. The number of urea groups is 1. The summed E-state index contributed by atoms with van der Waals surface area (Å²) in [5, 5.41) is 9.47. The molecule has 0 fully saturated rings. The summed E-state index contributed by atoms with van der Waals surface area (Å²) in [6.07, 6.45) is -2.45. The molecule has 1 N–H and O–H groups in total. The zero-order valence-electron chi connectivity index (χ0n) is 26.2. The summed E-state index contributed by atoms with van der Waals surface area (Å²) in [7, 11) is 0. The lowest BCUT2D eigenvalue weighted by Crippen LogP contribution is -2.28. The maximum absolute atomic E-state index is 13.0. The van der Waals surface area contributed by atoms with Crippen molar-refractivity contribution in [2.75, 3.05) is 6.54 Å². The second kappa shape index (κ2) is 13.7. The van der Waals surface area contributed by atoms with Crippen LogP contribution in [-0.4, -0.2) is 38.3 Å². The van der Waals surface area contributed by atoms with E-state index in [-0.39, 0.29) is 11.7 Å². The molecular formula is C34H35F3N6O2S. The van der Waals surface area contributed by atoms with Crippen molar-refractivity contribution in [3.63, 3.8) is 0 Å². The SMILES string of the molecule is CCC(CNC(=O)N=c1scc(C)n1-c1cccc(C)c1C(C)C)c1ccc(-c2ncn(-c3ccc(OC(F)(F)F)cc3)n2)cc1. The Balaban J connectivity index is 1.26. The van der Waals surface area contributed by atoms with E-state index >= 15 is 0 Å². The van der Waals surface area contributed by atoms with Gasteiger partial charge in [0, 0.05) is 29.1 Å². The minimum atomic E-state index is -4.75. The average molecular weight is 649 g/mol. The van der Waals surface area contributed by atoms with Crippen LogP contribution in [0.2, 0.25) is 0 Å². The molecule has 0 radical (unpaired) electrons. The number of carbonyl (C=O) groups excluding carboxylic acids is 1. The van der Waals surface area contributed by atoms with Crippen molar-refractivity contribution in [3.05, 3.63) is 106 Å². The first kappa shape index (κ1) is 32.7. The number of halogens is 3. The molecule has 3 aromatic carbocycles. The Bertz CT molecular complexity index is 1870. The fourth-order valence-electron chi connectivity index (χ4n) is 5.43. The second-order valence-corrected chi connectivity index (χ2v) is 12.1. The quantitative estimate of drug-likeness (QED) is 0.175. The summed E-state index contributed by atoms with van der Waals surface area (Å²) >= 11 is 1.44. The summed E-state index contributed by atoms with van der Waals surface area (Å²) in [6, 6.07) is 19.0. The number of rotatable bonds is 9. The molecule has 0 aliphatic carbocycles. The number of hydrogen-bond donors (Lipinski definition) is 1. The van der Waals surface area contributed by atoms with Gasteiger partial charge in [-0.05, 0) is 73.2 Å². The number of hydrogen-bond acceptors (Lipinski definition) is 5. The molecule has 0 spiro atoms. The largest absolute Gasteiger partial charge is 0.573 e. The van der Waals surface area contributed by atoms with E-state index in [4.69, 9.17) is 0 Å². The predicted molar refractivity (Wildman–Crippen MR) is 173 cm³/mol. The van der Waals surface area contributed by atoms with Crippen LogP contribution in [0.25, 0.3) is 22.8 Å². The van der Waals surface area contributed by atoms with Gasteiger partial charge in [-0.25, -0.2) is 14.5 Å². The summed E-state index contributed by atoms with van der Waals surface area (Å²) < 4.78 is 44.8. The maximum Gasteiger partial charge on any atom is 0.573 e. The highest BCUT2D eigenvalue weighted by molar-refractivity contribution is 7.07. The van der Waals surface area contributed by atoms with Crippen molar-refractivity contribution < 1.29 is 22.7 Å².